The topological polar surface area (TPSA) is 0 Å². The van der Waals surface area contributed by atoms with Crippen molar-refractivity contribution in [2.45, 2.75) is 11.5 Å². The third-order valence-corrected chi connectivity index (χ3v) is 6.17. The summed E-state index contributed by atoms with van der Waals surface area (Å²) >= 11 is -2.03. The van der Waals surface area contributed by atoms with Crippen molar-refractivity contribution in [2.75, 3.05) is 0 Å². The number of hydrogen-bond donors (Lipinski definition) is 0. The molecule has 0 saturated heterocycles. The van der Waals surface area contributed by atoms with Gasteiger partial charge in [-0.05, 0) is 0 Å². The summed E-state index contributed by atoms with van der Waals surface area (Å²) in [5.74, 6) is 4.35. The SMILES string of the molecule is [CH3][Ge]([CH3])([Cl])[c]1ccccc1. The van der Waals surface area contributed by atoms with Gasteiger partial charge in [0.2, 0.25) is 0 Å². The first-order valence-corrected chi connectivity index (χ1v) is 11.4. The van der Waals surface area contributed by atoms with Crippen molar-refractivity contribution in [1.82, 2.24) is 0 Å². The Hall–Kier alpha value is 0.0529. The van der Waals surface area contributed by atoms with Gasteiger partial charge in [-0.1, -0.05) is 0 Å². The zero-order valence-corrected chi connectivity index (χ0v) is 9.12. The van der Waals surface area contributed by atoms with Crippen molar-refractivity contribution in [3.8, 4) is 0 Å². The second-order valence-corrected chi connectivity index (χ2v) is 15.1. The van der Waals surface area contributed by atoms with Crippen molar-refractivity contribution in [3.63, 3.8) is 0 Å². The molecule has 0 atom stereocenters. The Morgan fingerprint density at radius 3 is 1.90 bits per heavy atom. The predicted octanol–water partition coefficient (Wildman–Crippen LogP) is 2.34. The van der Waals surface area contributed by atoms with E-state index >= 15 is 0 Å². The van der Waals surface area contributed by atoms with Gasteiger partial charge < -0.3 is 0 Å². The Morgan fingerprint density at radius 2 is 1.60 bits per heavy atom. The summed E-state index contributed by atoms with van der Waals surface area (Å²) in [5.41, 5.74) is 0. The fraction of sp³-hybridized carbons (Fsp3) is 0.250. The quantitative estimate of drug-likeness (QED) is 0.631. The fourth-order valence-corrected chi connectivity index (χ4v) is 3.56. The van der Waals surface area contributed by atoms with Crippen molar-refractivity contribution >= 4 is 26.7 Å². The van der Waals surface area contributed by atoms with Gasteiger partial charge in [0.15, 0.2) is 0 Å². The Balaban J connectivity index is 2.97. The van der Waals surface area contributed by atoms with Crippen LogP contribution >= 0.6 is 10.0 Å². The molecule has 54 valence electrons. The Bertz CT molecular complexity index is 200. The van der Waals surface area contributed by atoms with Crippen LogP contribution in [0.5, 0.6) is 0 Å². The molecular formula is C8H11ClGe. The molecule has 1 aromatic rings. The molecule has 0 heterocycles. The molecule has 0 bridgehead atoms. The molecule has 2 heteroatoms. The second kappa shape index (κ2) is 2.97. The molecule has 1 rings (SSSR count). The average Bonchev–Trinajstić information content (AvgIpc) is 1.88. The van der Waals surface area contributed by atoms with E-state index in [2.05, 4.69) is 23.6 Å². The summed E-state index contributed by atoms with van der Waals surface area (Å²) < 4.78 is 1.35. The van der Waals surface area contributed by atoms with Gasteiger partial charge in [0.05, 0.1) is 0 Å². The van der Waals surface area contributed by atoms with E-state index in [1.165, 1.54) is 4.40 Å². The van der Waals surface area contributed by atoms with Crippen LogP contribution in [0.4, 0.5) is 0 Å². The van der Waals surface area contributed by atoms with E-state index < -0.39 is 12.3 Å². The summed E-state index contributed by atoms with van der Waals surface area (Å²) in [6.07, 6.45) is 0. The third-order valence-electron chi connectivity index (χ3n) is 1.46. The van der Waals surface area contributed by atoms with Gasteiger partial charge in [-0.3, -0.25) is 0 Å². The molecule has 0 saturated carbocycles. The summed E-state index contributed by atoms with van der Waals surface area (Å²) in [6.45, 7) is 0. The number of benzene rings is 1. The van der Waals surface area contributed by atoms with Gasteiger partial charge in [-0.25, -0.2) is 0 Å². The summed E-state index contributed by atoms with van der Waals surface area (Å²) in [7, 11) is 6.25. The zero-order valence-electron chi connectivity index (χ0n) is 6.26. The molecule has 0 aliphatic rings. The summed E-state index contributed by atoms with van der Waals surface area (Å²) in [6, 6.07) is 10.4. The van der Waals surface area contributed by atoms with Gasteiger partial charge in [-0.2, -0.15) is 0 Å². The Labute approximate surface area is 68.8 Å². The van der Waals surface area contributed by atoms with Crippen LogP contribution in [0.25, 0.3) is 0 Å². The maximum atomic E-state index is 6.25. The van der Waals surface area contributed by atoms with Crippen LogP contribution in [0.15, 0.2) is 30.3 Å². The zero-order chi connectivity index (χ0) is 7.61. The van der Waals surface area contributed by atoms with Crippen molar-refractivity contribution < 1.29 is 0 Å². The van der Waals surface area contributed by atoms with Crippen LogP contribution in [0.1, 0.15) is 0 Å². The molecule has 0 N–H and O–H groups in total. The molecule has 0 aromatic heterocycles. The number of hydrogen-bond acceptors (Lipinski definition) is 0. The molecule has 0 aliphatic carbocycles. The predicted molar refractivity (Wildman–Crippen MR) is 49.4 cm³/mol. The van der Waals surface area contributed by atoms with Crippen LogP contribution in [-0.4, -0.2) is 12.3 Å². The van der Waals surface area contributed by atoms with Gasteiger partial charge in [0, 0.05) is 0 Å². The van der Waals surface area contributed by atoms with Crippen LogP contribution in [0, 0.1) is 0 Å². The first kappa shape index (κ1) is 8.15. The summed E-state index contributed by atoms with van der Waals surface area (Å²) in [5, 5.41) is 0. The van der Waals surface area contributed by atoms with Crippen LogP contribution in [-0.2, 0) is 0 Å². The van der Waals surface area contributed by atoms with Crippen LogP contribution < -0.4 is 4.40 Å². The fourth-order valence-electron chi connectivity index (χ4n) is 0.834. The molecule has 0 fully saturated rings. The molecular weight excluding hydrogens is 204 g/mol. The van der Waals surface area contributed by atoms with E-state index in [4.69, 9.17) is 10.0 Å². The van der Waals surface area contributed by atoms with Crippen molar-refractivity contribution in [1.29, 1.82) is 0 Å². The van der Waals surface area contributed by atoms with E-state index in [0.717, 1.165) is 0 Å². The van der Waals surface area contributed by atoms with E-state index in [-0.39, 0.29) is 0 Å². The van der Waals surface area contributed by atoms with Crippen molar-refractivity contribution in [2.24, 2.45) is 0 Å². The minimum absolute atomic E-state index is 1.35. The normalized spacial score (nSPS) is 11.5. The molecule has 10 heavy (non-hydrogen) atoms. The molecule has 0 nitrogen and oxygen atoms in total. The van der Waals surface area contributed by atoms with E-state index in [9.17, 15) is 0 Å². The summed E-state index contributed by atoms with van der Waals surface area (Å²) in [4.78, 5) is 0. The Kier molecular flexibility index (Phi) is 2.42. The molecule has 0 spiro atoms. The van der Waals surface area contributed by atoms with Crippen molar-refractivity contribution in [3.05, 3.63) is 30.3 Å². The van der Waals surface area contributed by atoms with Gasteiger partial charge in [0.1, 0.15) is 0 Å². The molecule has 0 radical (unpaired) electrons. The van der Waals surface area contributed by atoms with Gasteiger partial charge in [0.25, 0.3) is 0 Å². The molecule has 0 unspecified atom stereocenters. The standard InChI is InChI=1S/C8H11ClGe/c1-10(2,9)8-6-4-3-5-7-8/h3-7H,1-2H3. The first-order chi connectivity index (χ1) is 4.61. The van der Waals surface area contributed by atoms with E-state index in [1.807, 2.05) is 18.2 Å². The van der Waals surface area contributed by atoms with Gasteiger partial charge >= 0.3 is 68.6 Å². The van der Waals surface area contributed by atoms with Gasteiger partial charge in [-0.15, -0.1) is 0 Å². The second-order valence-electron chi connectivity index (χ2n) is 2.84. The average molecular weight is 215 g/mol. The van der Waals surface area contributed by atoms with Crippen LogP contribution in [0.3, 0.4) is 0 Å². The number of halogens is 1. The van der Waals surface area contributed by atoms with E-state index in [1.54, 1.807) is 0 Å². The molecule has 0 aliphatic heterocycles. The number of rotatable bonds is 1. The third kappa shape index (κ3) is 2.03. The molecule has 0 amide bonds. The minimum atomic E-state index is -2.03. The van der Waals surface area contributed by atoms with E-state index in [0.29, 0.717) is 0 Å². The molecule has 1 aromatic carbocycles. The van der Waals surface area contributed by atoms with Crippen LogP contribution in [0.2, 0.25) is 11.5 Å². The first-order valence-electron chi connectivity index (χ1n) is 3.35. The Morgan fingerprint density at radius 1 is 1.10 bits per heavy atom. The monoisotopic (exact) mass is 216 g/mol. The maximum absolute atomic E-state index is 6.25.